The van der Waals surface area contributed by atoms with Gasteiger partial charge in [0, 0.05) is 37.1 Å². The Morgan fingerprint density at radius 2 is 2.00 bits per heavy atom. The molecule has 3 rings (SSSR count). The van der Waals surface area contributed by atoms with Gasteiger partial charge in [-0.15, -0.1) is 0 Å². The van der Waals surface area contributed by atoms with Crippen LogP contribution < -0.4 is 5.32 Å². The predicted molar refractivity (Wildman–Crippen MR) is 71.1 cm³/mol. The second-order valence-electron chi connectivity index (χ2n) is 5.26. The SMILES string of the molecule is Cc1cc(C2CCOCC2)nc(C2COCCN2)n1. The van der Waals surface area contributed by atoms with Gasteiger partial charge in [-0.3, -0.25) is 0 Å². The molecule has 2 fully saturated rings. The van der Waals surface area contributed by atoms with Gasteiger partial charge in [0.1, 0.15) is 5.82 Å². The lowest BCUT2D eigenvalue weighted by molar-refractivity contribution is 0.0733. The third kappa shape index (κ3) is 3.11. The molecule has 104 valence electrons. The molecule has 0 radical (unpaired) electrons. The van der Waals surface area contributed by atoms with Crippen molar-refractivity contribution in [3.05, 3.63) is 23.3 Å². The first-order valence-corrected chi connectivity index (χ1v) is 7.07. The van der Waals surface area contributed by atoms with Crippen LogP contribution in [0.4, 0.5) is 0 Å². The fourth-order valence-electron chi connectivity index (χ4n) is 2.71. The Balaban J connectivity index is 1.82. The Morgan fingerprint density at radius 3 is 2.74 bits per heavy atom. The summed E-state index contributed by atoms with van der Waals surface area (Å²) >= 11 is 0. The van der Waals surface area contributed by atoms with E-state index >= 15 is 0 Å². The van der Waals surface area contributed by atoms with Crippen molar-refractivity contribution in [3.8, 4) is 0 Å². The van der Waals surface area contributed by atoms with E-state index in [4.69, 9.17) is 14.5 Å². The van der Waals surface area contributed by atoms with Crippen LogP contribution in [0.25, 0.3) is 0 Å². The van der Waals surface area contributed by atoms with E-state index in [1.165, 1.54) is 0 Å². The first-order chi connectivity index (χ1) is 9.33. The number of hydrogen-bond donors (Lipinski definition) is 1. The van der Waals surface area contributed by atoms with Crippen molar-refractivity contribution < 1.29 is 9.47 Å². The summed E-state index contributed by atoms with van der Waals surface area (Å²) < 4.78 is 10.9. The first kappa shape index (κ1) is 13.0. The Kier molecular flexibility index (Phi) is 4.06. The number of morpholine rings is 1. The van der Waals surface area contributed by atoms with Crippen LogP contribution in [0.5, 0.6) is 0 Å². The molecule has 19 heavy (non-hydrogen) atoms. The molecule has 1 unspecified atom stereocenters. The topological polar surface area (TPSA) is 56.3 Å². The van der Waals surface area contributed by atoms with Gasteiger partial charge in [-0.2, -0.15) is 0 Å². The minimum absolute atomic E-state index is 0.132. The summed E-state index contributed by atoms with van der Waals surface area (Å²) in [5.74, 6) is 1.39. The molecule has 0 amide bonds. The van der Waals surface area contributed by atoms with Gasteiger partial charge >= 0.3 is 0 Å². The summed E-state index contributed by atoms with van der Waals surface area (Å²) in [4.78, 5) is 9.34. The van der Waals surface area contributed by atoms with Crippen molar-refractivity contribution in [2.75, 3.05) is 33.0 Å². The molecule has 2 saturated heterocycles. The Bertz CT molecular complexity index is 390. The quantitative estimate of drug-likeness (QED) is 0.872. The van der Waals surface area contributed by atoms with Gasteiger partial charge in [-0.1, -0.05) is 0 Å². The fourth-order valence-corrected chi connectivity index (χ4v) is 2.71. The monoisotopic (exact) mass is 263 g/mol. The third-order valence-electron chi connectivity index (χ3n) is 3.76. The third-order valence-corrected chi connectivity index (χ3v) is 3.76. The average molecular weight is 263 g/mol. The highest BCUT2D eigenvalue weighted by molar-refractivity contribution is 5.16. The van der Waals surface area contributed by atoms with E-state index in [1.807, 2.05) is 6.92 Å². The van der Waals surface area contributed by atoms with Crippen LogP contribution in [-0.4, -0.2) is 42.9 Å². The van der Waals surface area contributed by atoms with Crippen molar-refractivity contribution >= 4 is 0 Å². The molecule has 0 saturated carbocycles. The lowest BCUT2D eigenvalue weighted by Crippen LogP contribution is -2.36. The molecule has 5 nitrogen and oxygen atoms in total. The average Bonchev–Trinajstić information content (AvgIpc) is 2.48. The van der Waals surface area contributed by atoms with Crippen molar-refractivity contribution in [1.82, 2.24) is 15.3 Å². The Morgan fingerprint density at radius 1 is 1.16 bits per heavy atom. The molecule has 0 aromatic carbocycles. The van der Waals surface area contributed by atoms with E-state index in [0.717, 1.165) is 56.4 Å². The maximum atomic E-state index is 5.50. The summed E-state index contributed by atoms with van der Waals surface area (Å²) in [6.45, 7) is 6.03. The van der Waals surface area contributed by atoms with Crippen LogP contribution in [0.3, 0.4) is 0 Å². The summed E-state index contributed by atoms with van der Waals surface area (Å²) in [6.07, 6.45) is 2.12. The highest BCUT2D eigenvalue weighted by Crippen LogP contribution is 2.26. The number of rotatable bonds is 2. The van der Waals surface area contributed by atoms with Gasteiger partial charge in [0.2, 0.25) is 0 Å². The van der Waals surface area contributed by atoms with E-state index in [0.29, 0.717) is 12.5 Å². The maximum Gasteiger partial charge on any atom is 0.148 e. The molecule has 1 N–H and O–H groups in total. The normalized spacial score (nSPS) is 25.4. The van der Waals surface area contributed by atoms with E-state index in [1.54, 1.807) is 0 Å². The largest absolute Gasteiger partial charge is 0.381 e. The first-order valence-electron chi connectivity index (χ1n) is 7.07. The minimum atomic E-state index is 0.132. The number of aromatic nitrogens is 2. The second-order valence-corrected chi connectivity index (χ2v) is 5.26. The molecular weight excluding hydrogens is 242 g/mol. The van der Waals surface area contributed by atoms with Crippen molar-refractivity contribution in [2.24, 2.45) is 0 Å². The smallest absolute Gasteiger partial charge is 0.148 e. The van der Waals surface area contributed by atoms with Crippen LogP contribution >= 0.6 is 0 Å². The number of aryl methyl sites for hydroxylation is 1. The predicted octanol–water partition coefficient (Wildman–Crippen LogP) is 1.34. The summed E-state index contributed by atoms with van der Waals surface area (Å²) in [6, 6.07) is 2.25. The Labute approximate surface area is 113 Å². The number of hydrogen-bond acceptors (Lipinski definition) is 5. The molecule has 1 aromatic rings. The maximum absolute atomic E-state index is 5.50. The van der Waals surface area contributed by atoms with Gasteiger partial charge in [0.15, 0.2) is 0 Å². The number of ether oxygens (including phenoxy) is 2. The van der Waals surface area contributed by atoms with Gasteiger partial charge in [0.05, 0.1) is 19.3 Å². The summed E-state index contributed by atoms with van der Waals surface area (Å²) in [5.41, 5.74) is 2.21. The van der Waals surface area contributed by atoms with Crippen molar-refractivity contribution in [1.29, 1.82) is 0 Å². The lowest BCUT2D eigenvalue weighted by atomic mass is 9.95. The molecule has 2 aliphatic heterocycles. The standard InChI is InChI=1S/C14H21N3O2/c1-10-8-12(11-2-5-18-6-3-11)17-14(16-10)13-9-19-7-4-15-13/h8,11,13,15H,2-7,9H2,1H3. The Hall–Kier alpha value is -1.04. The van der Waals surface area contributed by atoms with Crippen LogP contribution in [0.1, 0.15) is 42.0 Å². The van der Waals surface area contributed by atoms with Crippen LogP contribution in [0.2, 0.25) is 0 Å². The zero-order valence-corrected chi connectivity index (χ0v) is 11.4. The van der Waals surface area contributed by atoms with Crippen LogP contribution in [0.15, 0.2) is 6.07 Å². The molecule has 5 heteroatoms. The summed E-state index contributed by atoms with van der Waals surface area (Å²) in [5, 5.41) is 3.42. The lowest BCUT2D eigenvalue weighted by Gasteiger charge is -2.25. The highest BCUT2D eigenvalue weighted by Gasteiger charge is 2.22. The number of nitrogens with one attached hydrogen (secondary N) is 1. The fraction of sp³-hybridized carbons (Fsp3) is 0.714. The van der Waals surface area contributed by atoms with Gasteiger partial charge < -0.3 is 14.8 Å². The van der Waals surface area contributed by atoms with Crippen molar-refractivity contribution in [2.45, 2.75) is 31.7 Å². The van der Waals surface area contributed by atoms with Crippen molar-refractivity contribution in [3.63, 3.8) is 0 Å². The van der Waals surface area contributed by atoms with E-state index in [-0.39, 0.29) is 6.04 Å². The highest BCUT2D eigenvalue weighted by atomic mass is 16.5. The number of nitrogens with zero attached hydrogens (tertiary/aromatic N) is 2. The van der Waals surface area contributed by atoms with Gasteiger partial charge in [0.25, 0.3) is 0 Å². The zero-order valence-electron chi connectivity index (χ0n) is 11.4. The molecule has 0 bridgehead atoms. The molecule has 0 aliphatic carbocycles. The van der Waals surface area contributed by atoms with Crippen LogP contribution in [0, 0.1) is 6.92 Å². The van der Waals surface area contributed by atoms with Crippen LogP contribution in [-0.2, 0) is 9.47 Å². The van der Waals surface area contributed by atoms with Gasteiger partial charge in [-0.05, 0) is 25.8 Å². The van der Waals surface area contributed by atoms with E-state index < -0.39 is 0 Å². The zero-order chi connectivity index (χ0) is 13.1. The van der Waals surface area contributed by atoms with Gasteiger partial charge in [-0.25, -0.2) is 9.97 Å². The second kappa shape index (κ2) is 5.94. The van der Waals surface area contributed by atoms with E-state index in [9.17, 15) is 0 Å². The summed E-state index contributed by atoms with van der Waals surface area (Å²) in [7, 11) is 0. The molecular formula is C14H21N3O2. The van der Waals surface area contributed by atoms with E-state index in [2.05, 4.69) is 16.4 Å². The molecule has 1 aromatic heterocycles. The molecule has 3 heterocycles. The molecule has 1 atom stereocenters. The molecule has 0 spiro atoms. The molecule has 2 aliphatic rings. The minimum Gasteiger partial charge on any atom is -0.381 e.